The van der Waals surface area contributed by atoms with Gasteiger partial charge in [0.1, 0.15) is 0 Å². The fourth-order valence-electron chi connectivity index (χ4n) is 4.56. The summed E-state index contributed by atoms with van der Waals surface area (Å²) >= 11 is 0. The highest BCUT2D eigenvalue weighted by atomic mass is 127. The average Bonchev–Trinajstić information content (AvgIpc) is 3.32. The largest absolute Gasteiger partial charge is 0.355 e. The van der Waals surface area contributed by atoms with Crippen molar-refractivity contribution in [3.63, 3.8) is 0 Å². The number of hydrogen-bond donors (Lipinski definition) is 1. The first-order chi connectivity index (χ1) is 14.2. The molecule has 0 saturated carbocycles. The maximum atomic E-state index is 12.0. The molecule has 0 bridgehead atoms. The summed E-state index contributed by atoms with van der Waals surface area (Å²) in [5.41, 5.74) is 2.63. The lowest BCUT2D eigenvalue weighted by Crippen LogP contribution is -2.44. The fraction of sp³-hybridized carbons (Fsp3) is 0.652. The first kappa shape index (κ1) is 24.9. The molecular formula is C23H38IN5O. The minimum Gasteiger partial charge on any atom is -0.355 e. The number of para-hydroxylation sites is 1. The molecule has 168 valence electrons. The van der Waals surface area contributed by atoms with E-state index in [1.807, 2.05) is 11.9 Å². The first-order valence-electron chi connectivity index (χ1n) is 11.2. The van der Waals surface area contributed by atoms with Crippen molar-refractivity contribution in [2.75, 3.05) is 57.8 Å². The minimum atomic E-state index is 0. The standard InChI is InChI=1S/C23H37N5O.HI/c1-4-14-26(5-2)17-13-25-23(24-3)28-18-19(20-9-6-7-10-21(20)28)12-16-27-15-8-11-22(27)29;/h6-7,9-10,19H,4-5,8,11-18H2,1-3H3,(H,24,25);1H. The third kappa shape index (κ3) is 6.09. The van der Waals surface area contributed by atoms with Gasteiger partial charge in [-0.1, -0.05) is 32.0 Å². The van der Waals surface area contributed by atoms with E-state index >= 15 is 0 Å². The van der Waals surface area contributed by atoms with Gasteiger partial charge in [-0.05, 0) is 44.0 Å². The molecule has 30 heavy (non-hydrogen) atoms. The highest BCUT2D eigenvalue weighted by molar-refractivity contribution is 14.0. The number of benzene rings is 1. The lowest BCUT2D eigenvalue weighted by atomic mass is 9.98. The number of carbonyl (C=O) groups is 1. The minimum absolute atomic E-state index is 0. The van der Waals surface area contributed by atoms with Gasteiger partial charge in [-0.15, -0.1) is 24.0 Å². The van der Waals surface area contributed by atoms with Gasteiger partial charge in [0.25, 0.3) is 0 Å². The van der Waals surface area contributed by atoms with Crippen molar-refractivity contribution in [1.82, 2.24) is 15.1 Å². The molecule has 0 aromatic heterocycles. The molecule has 1 saturated heterocycles. The maximum Gasteiger partial charge on any atom is 0.222 e. The van der Waals surface area contributed by atoms with Crippen LogP contribution < -0.4 is 10.2 Å². The molecule has 0 radical (unpaired) electrons. The van der Waals surface area contributed by atoms with Crippen LogP contribution >= 0.6 is 24.0 Å². The number of nitrogens with one attached hydrogen (secondary N) is 1. The molecule has 2 aliphatic rings. The second kappa shape index (κ2) is 12.5. The van der Waals surface area contributed by atoms with Crippen LogP contribution in [0.25, 0.3) is 0 Å². The van der Waals surface area contributed by atoms with Crippen LogP contribution in [0, 0.1) is 0 Å². The molecule has 6 nitrogen and oxygen atoms in total. The Morgan fingerprint density at radius 3 is 2.73 bits per heavy atom. The molecule has 1 amide bonds. The van der Waals surface area contributed by atoms with E-state index in [9.17, 15) is 4.79 Å². The van der Waals surface area contributed by atoms with E-state index < -0.39 is 0 Å². The van der Waals surface area contributed by atoms with Crippen LogP contribution in [0.15, 0.2) is 29.3 Å². The van der Waals surface area contributed by atoms with Gasteiger partial charge in [0.2, 0.25) is 5.91 Å². The zero-order chi connectivity index (χ0) is 20.6. The number of anilines is 1. The summed E-state index contributed by atoms with van der Waals surface area (Å²) in [4.78, 5) is 23.4. The molecule has 1 atom stereocenters. The lowest BCUT2D eigenvalue weighted by molar-refractivity contribution is -0.127. The number of halogens is 1. The Morgan fingerprint density at radius 2 is 2.07 bits per heavy atom. The number of hydrogen-bond acceptors (Lipinski definition) is 3. The Balaban J connectivity index is 0.00000320. The van der Waals surface area contributed by atoms with Crippen LogP contribution in [0.5, 0.6) is 0 Å². The third-order valence-electron chi connectivity index (χ3n) is 6.15. The number of aliphatic imine (C=N–C) groups is 1. The van der Waals surface area contributed by atoms with Crippen LogP contribution in [0.2, 0.25) is 0 Å². The SMILES string of the molecule is CCCN(CC)CCNC(=NC)N1CC(CCN2CCCC2=O)c2ccccc21.I. The monoisotopic (exact) mass is 527 g/mol. The van der Waals surface area contributed by atoms with Crippen molar-refractivity contribution in [2.24, 2.45) is 4.99 Å². The summed E-state index contributed by atoms with van der Waals surface area (Å²) in [5.74, 6) is 1.70. The predicted octanol–water partition coefficient (Wildman–Crippen LogP) is 3.53. The molecule has 3 rings (SSSR count). The van der Waals surface area contributed by atoms with Gasteiger partial charge in [0.05, 0.1) is 0 Å². The average molecular weight is 527 g/mol. The van der Waals surface area contributed by atoms with Gasteiger partial charge >= 0.3 is 0 Å². The second-order valence-electron chi connectivity index (χ2n) is 8.05. The Kier molecular flexibility index (Phi) is 10.4. The number of guanidine groups is 1. The fourth-order valence-corrected chi connectivity index (χ4v) is 4.56. The predicted molar refractivity (Wildman–Crippen MR) is 136 cm³/mol. The van der Waals surface area contributed by atoms with Crippen LogP contribution in [0.1, 0.15) is 51.0 Å². The summed E-state index contributed by atoms with van der Waals surface area (Å²) in [6.45, 7) is 11.3. The quantitative estimate of drug-likeness (QED) is 0.304. The van der Waals surface area contributed by atoms with Crippen LogP contribution in [-0.4, -0.2) is 74.5 Å². The van der Waals surface area contributed by atoms with Crippen LogP contribution in [0.4, 0.5) is 5.69 Å². The van der Waals surface area contributed by atoms with Gasteiger partial charge in [0, 0.05) is 57.8 Å². The molecule has 1 unspecified atom stereocenters. The van der Waals surface area contributed by atoms with E-state index in [2.05, 4.69) is 58.2 Å². The third-order valence-corrected chi connectivity index (χ3v) is 6.15. The summed E-state index contributed by atoms with van der Waals surface area (Å²) < 4.78 is 0. The number of fused-ring (bicyclic) bond motifs is 1. The molecule has 0 spiro atoms. The van der Waals surface area contributed by atoms with Gasteiger partial charge in [-0.25, -0.2) is 0 Å². The highest BCUT2D eigenvalue weighted by Gasteiger charge is 2.32. The smallest absolute Gasteiger partial charge is 0.222 e. The van der Waals surface area contributed by atoms with E-state index in [0.29, 0.717) is 11.8 Å². The van der Waals surface area contributed by atoms with Crippen molar-refractivity contribution in [3.8, 4) is 0 Å². The summed E-state index contributed by atoms with van der Waals surface area (Å²) in [6.07, 6.45) is 3.92. The van der Waals surface area contributed by atoms with Gasteiger partial charge in [-0.3, -0.25) is 9.79 Å². The number of likely N-dealkylation sites (N-methyl/N-ethyl adjacent to an activating group) is 1. The molecular weight excluding hydrogens is 489 g/mol. The normalized spacial score (nSPS) is 18.7. The number of nitrogens with zero attached hydrogens (tertiary/aromatic N) is 4. The van der Waals surface area contributed by atoms with Crippen molar-refractivity contribution < 1.29 is 4.79 Å². The van der Waals surface area contributed by atoms with Gasteiger partial charge < -0.3 is 20.0 Å². The number of carbonyl (C=O) groups excluding carboxylic acids is 1. The van der Waals surface area contributed by atoms with Crippen molar-refractivity contribution in [2.45, 2.75) is 45.4 Å². The van der Waals surface area contributed by atoms with Gasteiger partial charge in [-0.2, -0.15) is 0 Å². The van der Waals surface area contributed by atoms with Crippen LogP contribution in [-0.2, 0) is 4.79 Å². The maximum absolute atomic E-state index is 12.0. The van der Waals surface area contributed by atoms with Crippen molar-refractivity contribution >= 4 is 41.5 Å². The van der Waals surface area contributed by atoms with Gasteiger partial charge in [0.15, 0.2) is 5.96 Å². The molecule has 1 aromatic rings. The highest BCUT2D eigenvalue weighted by Crippen LogP contribution is 2.38. The molecule has 7 heteroatoms. The van der Waals surface area contributed by atoms with E-state index in [0.717, 1.165) is 71.0 Å². The summed E-state index contributed by atoms with van der Waals surface area (Å²) in [5, 5.41) is 3.57. The van der Waals surface area contributed by atoms with E-state index in [1.54, 1.807) is 0 Å². The molecule has 0 aliphatic carbocycles. The second-order valence-corrected chi connectivity index (χ2v) is 8.05. The van der Waals surface area contributed by atoms with E-state index in [1.165, 1.54) is 17.7 Å². The number of likely N-dealkylation sites (tertiary alicyclic amines) is 1. The molecule has 1 N–H and O–H groups in total. The molecule has 1 aromatic carbocycles. The topological polar surface area (TPSA) is 51.2 Å². The zero-order valence-corrected chi connectivity index (χ0v) is 21.1. The Bertz CT molecular complexity index is 711. The summed E-state index contributed by atoms with van der Waals surface area (Å²) in [7, 11) is 1.87. The Morgan fingerprint density at radius 1 is 1.27 bits per heavy atom. The number of rotatable bonds is 9. The Labute approximate surface area is 199 Å². The van der Waals surface area contributed by atoms with Crippen LogP contribution in [0.3, 0.4) is 0 Å². The van der Waals surface area contributed by atoms with E-state index in [-0.39, 0.29) is 24.0 Å². The molecule has 1 fully saturated rings. The lowest BCUT2D eigenvalue weighted by Gasteiger charge is -2.25. The van der Waals surface area contributed by atoms with Crippen molar-refractivity contribution in [1.29, 1.82) is 0 Å². The van der Waals surface area contributed by atoms with E-state index in [4.69, 9.17) is 0 Å². The first-order valence-corrected chi connectivity index (χ1v) is 11.2. The molecule has 2 aliphatic heterocycles. The van der Waals surface area contributed by atoms with Crippen molar-refractivity contribution in [3.05, 3.63) is 29.8 Å². The summed E-state index contributed by atoms with van der Waals surface area (Å²) in [6, 6.07) is 8.65. The number of amides is 1. The molecule has 2 heterocycles. The Hall–Kier alpha value is -1.35. The zero-order valence-electron chi connectivity index (χ0n) is 18.8.